The van der Waals surface area contributed by atoms with Crippen LogP contribution in [0.3, 0.4) is 0 Å². The maximum Gasteiger partial charge on any atom is 0.319 e. The SMILES string of the molecule is Cn1cnc(CC(NC(=O)Nc2ccc(Cl)cc2)C(=O)Nc2ccc(N3CCN=C3NC#N)cc2)c1. The van der Waals surface area contributed by atoms with Crippen LogP contribution in [-0.2, 0) is 18.3 Å². The number of carbonyl (C=O) groups excluding carboxylic acids is 2. The summed E-state index contributed by atoms with van der Waals surface area (Å²) in [4.78, 5) is 36.2. The number of carbonyl (C=O) groups is 2. The molecule has 0 radical (unpaired) electrons. The number of hydrogen-bond donors (Lipinski definition) is 4. The minimum Gasteiger partial charge on any atom is -0.340 e. The van der Waals surface area contributed by atoms with Crippen LogP contribution in [0.5, 0.6) is 0 Å². The molecular weight excluding hydrogens is 482 g/mol. The molecule has 0 saturated carbocycles. The number of nitrogens with zero attached hydrogens (tertiary/aromatic N) is 5. The van der Waals surface area contributed by atoms with E-state index >= 15 is 0 Å². The van der Waals surface area contributed by atoms with E-state index in [-0.39, 0.29) is 6.42 Å². The quantitative estimate of drug-likeness (QED) is 0.287. The molecule has 0 bridgehead atoms. The Balaban J connectivity index is 1.43. The van der Waals surface area contributed by atoms with Crippen LogP contribution in [0.1, 0.15) is 5.69 Å². The van der Waals surface area contributed by atoms with Crippen LogP contribution >= 0.6 is 11.6 Å². The largest absolute Gasteiger partial charge is 0.340 e. The van der Waals surface area contributed by atoms with Crippen LogP contribution in [0.15, 0.2) is 66.0 Å². The van der Waals surface area contributed by atoms with Crippen molar-refractivity contribution < 1.29 is 9.59 Å². The number of anilines is 3. The molecule has 184 valence electrons. The molecule has 4 rings (SSSR count). The molecule has 0 saturated heterocycles. The van der Waals surface area contributed by atoms with Gasteiger partial charge in [-0.25, -0.2) is 9.78 Å². The van der Waals surface area contributed by atoms with E-state index in [1.807, 2.05) is 30.3 Å². The Hall–Kier alpha value is -4.56. The summed E-state index contributed by atoms with van der Waals surface area (Å²) >= 11 is 5.90. The highest BCUT2D eigenvalue weighted by atomic mass is 35.5. The standard InChI is InChI=1S/C24H24ClN9O2/c1-33-13-19(29-15-33)12-21(32-24(36)31-18-4-2-16(25)3-5-18)22(35)30-17-6-8-20(9-7-17)34-11-10-27-23(34)28-14-26/h2-9,13,15,21H,10-12H2,1H3,(H,27,28)(H,30,35)(H2,31,32,36). The molecule has 1 unspecified atom stereocenters. The number of aliphatic imine (C=N–C) groups is 1. The number of imidazole rings is 1. The fourth-order valence-electron chi connectivity index (χ4n) is 3.66. The molecule has 3 aromatic rings. The summed E-state index contributed by atoms with van der Waals surface area (Å²) in [7, 11) is 1.83. The molecule has 12 heteroatoms. The van der Waals surface area contributed by atoms with Crippen LogP contribution in [0, 0.1) is 11.5 Å². The Morgan fingerprint density at radius 2 is 1.81 bits per heavy atom. The van der Waals surface area contributed by atoms with Crippen molar-refractivity contribution in [2.24, 2.45) is 12.0 Å². The van der Waals surface area contributed by atoms with Crippen molar-refractivity contribution in [3.05, 3.63) is 71.8 Å². The van der Waals surface area contributed by atoms with Gasteiger partial charge in [0, 0.05) is 48.3 Å². The third-order valence-electron chi connectivity index (χ3n) is 5.35. The van der Waals surface area contributed by atoms with Crippen molar-refractivity contribution >= 4 is 46.6 Å². The molecular formula is C24H24ClN9O2. The van der Waals surface area contributed by atoms with Crippen LogP contribution in [0.25, 0.3) is 0 Å². The lowest BCUT2D eigenvalue weighted by Crippen LogP contribution is -2.47. The van der Waals surface area contributed by atoms with Gasteiger partial charge >= 0.3 is 6.03 Å². The molecule has 11 nitrogen and oxygen atoms in total. The Labute approximate surface area is 212 Å². The van der Waals surface area contributed by atoms with Gasteiger partial charge in [0.05, 0.1) is 18.6 Å². The van der Waals surface area contributed by atoms with Gasteiger partial charge < -0.3 is 25.4 Å². The van der Waals surface area contributed by atoms with Crippen molar-refractivity contribution in [1.82, 2.24) is 20.2 Å². The fraction of sp³-hybridized carbons (Fsp3) is 0.208. The van der Waals surface area contributed by atoms with Crippen molar-refractivity contribution in [2.45, 2.75) is 12.5 Å². The third kappa shape index (κ3) is 6.31. The molecule has 0 aliphatic carbocycles. The first-order valence-corrected chi connectivity index (χ1v) is 11.5. The molecule has 3 amide bonds. The number of nitriles is 1. The van der Waals surface area contributed by atoms with Gasteiger partial charge in [0.25, 0.3) is 0 Å². The second kappa shape index (κ2) is 11.2. The molecule has 1 aliphatic rings. The zero-order chi connectivity index (χ0) is 25.5. The number of urea groups is 1. The molecule has 36 heavy (non-hydrogen) atoms. The highest BCUT2D eigenvalue weighted by molar-refractivity contribution is 6.30. The highest BCUT2D eigenvalue weighted by Gasteiger charge is 2.23. The average Bonchev–Trinajstić information content (AvgIpc) is 3.49. The predicted molar refractivity (Wildman–Crippen MR) is 138 cm³/mol. The van der Waals surface area contributed by atoms with E-state index in [1.54, 1.807) is 53.5 Å². The number of halogens is 1. The minimum absolute atomic E-state index is 0.201. The monoisotopic (exact) mass is 505 g/mol. The number of guanidine groups is 1. The number of aryl methyl sites for hydroxylation is 1. The molecule has 0 spiro atoms. The van der Waals surface area contributed by atoms with Gasteiger partial charge in [0.2, 0.25) is 11.9 Å². The maximum atomic E-state index is 13.2. The van der Waals surface area contributed by atoms with Crippen LogP contribution in [-0.4, -0.2) is 46.6 Å². The zero-order valence-corrected chi connectivity index (χ0v) is 20.2. The Morgan fingerprint density at radius 1 is 1.11 bits per heavy atom. The second-order valence-electron chi connectivity index (χ2n) is 8.02. The maximum absolute atomic E-state index is 13.2. The average molecular weight is 506 g/mol. The van der Waals surface area contributed by atoms with Crippen molar-refractivity contribution in [3.63, 3.8) is 0 Å². The van der Waals surface area contributed by atoms with E-state index in [0.29, 0.717) is 41.1 Å². The van der Waals surface area contributed by atoms with Gasteiger partial charge in [0.15, 0.2) is 6.19 Å². The lowest BCUT2D eigenvalue weighted by atomic mass is 10.1. The predicted octanol–water partition coefficient (Wildman–Crippen LogP) is 2.69. The molecule has 1 aliphatic heterocycles. The van der Waals surface area contributed by atoms with Crippen LogP contribution in [0.4, 0.5) is 21.9 Å². The number of nitrogens with one attached hydrogen (secondary N) is 4. The molecule has 1 aromatic heterocycles. The first-order chi connectivity index (χ1) is 17.4. The molecule has 2 heterocycles. The Morgan fingerprint density at radius 3 is 2.47 bits per heavy atom. The first-order valence-electron chi connectivity index (χ1n) is 11.1. The van der Waals surface area contributed by atoms with E-state index in [9.17, 15) is 9.59 Å². The first kappa shape index (κ1) is 24.6. The lowest BCUT2D eigenvalue weighted by molar-refractivity contribution is -0.117. The zero-order valence-electron chi connectivity index (χ0n) is 19.4. The van der Waals surface area contributed by atoms with Crippen molar-refractivity contribution in [1.29, 1.82) is 5.26 Å². The van der Waals surface area contributed by atoms with Gasteiger partial charge in [-0.1, -0.05) is 11.6 Å². The van der Waals surface area contributed by atoms with Crippen LogP contribution in [0.2, 0.25) is 5.02 Å². The minimum atomic E-state index is -0.885. The van der Waals surface area contributed by atoms with Gasteiger partial charge in [-0.05, 0) is 48.5 Å². The van der Waals surface area contributed by atoms with Gasteiger partial charge in [0.1, 0.15) is 6.04 Å². The number of rotatable bonds is 7. The molecule has 0 fully saturated rings. The summed E-state index contributed by atoms with van der Waals surface area (Å²) in [5.74, 6) is 0.0924. The topological polar surface area (TPSA) is 139 Å². The van der Waals surface area contributed by atoms with E-state index in [1.165, 1.54) is 0 Å². The Bertz CT molecular complexity index is 1300. The van der Waals surface area contributed by atoms with Gasteiger partial charge in [-0.2, -0.15) is 5.26 Å². The summed E-state index contributed by atoms with van der Waals surface area (Å²) in [5, 5.41) is 20.3. The highest BCUT2D eigenvalue weighted by Crippen LogP contribution is 2.20. The molecule has 2 aromatic carbocycles. The van der Waals surface area contributed by atoms with Gasteiger partial charge in [-0.3, -0.25) is 15.1 Å². The number of benzene rings is 2. The van der Waals surface area contributed by atoms with E-state index in [2.05, 4.69) is 31.2 Å². The number of amides is 3. The smallest absolute Gasteiger partial charge is 0.319 e. The summed E-state index contributed by atoms with van der Waals surface area (Å²) in [5.41, 5.74) is 2.59. The van der Waals surface area contributed by atoms with Crippen molar-refractivity contribution in [3.8, 4) is 6.19 Å². The van der Waals surface area contributed by atoms with Gasteiger partial charge in [-0.15, -0.1) is 0 Å². The summed E-state index contributed by atoms with van der Waals surface area (Å²) in [6, 6.07) is 12.4. The third-order valence-corrected chi connectivity index (χ3v) is 5.60. The molecule has 1 atom stereocenters. The molecule has 4 N–H and O–H groups in total. The number of aromatic nitrogens is 2. The second-order valence-corrected chi connectivity index (χ2v) is 8.46. The van der Waals surface area contributed by atoms with E-state index < -0.39 is 18.0 Å². The van der Waals surface area contributed by atoms with E-state index in [0.717, 1.165) is 5.69 Å². The summed E-state index contributed by atoms with van der Waals surface area (Å²) in [6.07, 6.45) is 5.51. The Kier molecular flexibility index (Phi) is 7.67. The number of hydrogen-bond acceptors (Lipinski definition) is 7. The fourth-order valence-corrected chi connectivity index (χ4v) is 3.79. The lowest BCUT2D eigenvalue weighted by Gasteiger charge is -2.20. The van der Waals surface area contributed by atoms with Crippen LogP contribution < -0.4 is 26.2 Å². The van der Waals surface area contributed by atoms with Crippen molar-refractivity contribution in [2.75, 3.05) is 28.6 Å². The normalized spacial score (nSPS) is 13.4. The summed E-state index contributed by atoms with van der Waals surface area (Å²) in [6.45, 7) is 1.23. The van der Waals surface area contributed by atoms with E-state index in [4.69, 9.17) is 16.9 Å². The summed E-state index contributed by atoms with van der Waals surface area (Å²) < 4.78 is 1.77.